The third kappa shape index (κ3) is 5.01. The molecule has 5 unspecified atom stereocenters. The number of nitrogens with one attached hydrogen (secondary N) is 1. The van der Waals surface area contributed by atoms with Gasteiger partial charge in [-0.25, -0.2) is 4.98 Å². The van der Waals surface area contributed by atoms with Gasteiger partial charge in [-0.2, -0.15) is 11.3 Å². The minimum absolute atomic E-state index is 0.359. The first-order valence-electron chi connectivity index (χ1n) is 11.6. The van der Waals surface area contributed by atoms with Gasteiger partial charge < -0.3 is 14.9 Å². The molecule has 2 aromatic heterocycles. The summed E-state index contributed by atoms with van der Waals surface area (Å²) in [5.74, 6) is 1.84. The molecule has 0 amide bonds. The quantitative estimate of drug-likeness (QED) is 0.377. The number of benzene rings is 1. The minimum atomic E-state index is -0.980. The van der Waals surface area contributed by atoms with Crippen molar-refractivity contribution in [3.8, 4) is 5.88 Å². The molecule has 3 aromatic rings. The Labute approximate surface area is 213 Å². The summed E-state index contributed by atoms with van der Waals surface area (Å²) in [6.07, 6.45) is 1.15. The van der Waals surface area contributed by atoms with Crippen molar-refractivity contribution >= 4 is 34.7 Å². The highest BCUT2D eigenvalue weighted by Crippen LogP contribution is 2.44. The van der Waals surface area contributed by atoms with Gasteiger partial charge in [-0.3, -0.25) is 5.32 Å². The van der Waals surface area contributed by atoms with Crippen LogP contribution in [0.5, 0.6) is 5.88 Å². The summed E-state index contributed by atoms with van der Waals surface area (Å²) in [6.45, 7) is 2.86. The van der Waals surface area contributed by atoms with Crippen LogP contribution in [0, 0.1) is 11.8 Å². The van der Waals surface area contributed by atoms with E-state index in [4.69, 9.17) is 21.3 Å². The van der Waals surface area contributed by atoms with Gasteiger partial charge in [-0.05, 0) is 65.3 Å². The topological polar surface area (TPSA) is 74.6 Å². The zero-order chi connectivity index (χ0) is 23.7. The molecule has 1 aliphatic heterocycles. The molecule has 0 bridgehead atoms. The molecule has 2 fully saturated rings. The van der Waals surface area contributed by atoms with Crippen LogP contribution in [0.1, 0.15) is 37.4 Å². The van der Waals surface area contributed by atoms with Crippen LogP contribution in [0.25, 0.3) is 0 Å². The molecule has 8 heteroatoms. The molecule has 1 aromatic carbocycles. The van der Waals surface area contributed by atoms with Gasteiger partial charge in [0.1, 0.15) is 6.23 Å². The van der Waals surface area contributed by atoms with Gasteiger partial charge in [0.2, 0.25) is 5.88 Å². The number of halogens is 1. The first kappa shape index (κ1) is 24.1. The Morgan fingerprint density at radius 1 is 1.21 bits per heavy atom. The summed E-state index contributed by atoms with van der Waals surface area (Å²) in [5, 5.41) is 30.1. The van der Waals surface area contributed by atoms with Crippen LogP contribution in [-0.2, 0) is 5.54 Å². The first-order chi connectivity index (χ1) is 16.5. The highest BCUT2D eigenvalue weighted by Gasteiger charge is 2.48. The number of aromatic nitrogens is 1. The SMILES string of the molecule is CC(COc1cccc(C2(c3ccsc3)CC(O)C(Sc3ccccc3Cl)C(O)N2)n1)C1CC1. The Kier molecular flexibility index (Phi) is 7.21. The number of aliphatic hydroxyl groups is 2. The summed E-state index contributed by atoms with van der Waals surface area (Å²) in [4.78, 5) is 5.67. The van der Waals surface area contributed by atoms with Gasteiger partial charge in [0.15, 0.2) is 0 Å². The number of rotatable bonds is 8. The highest BCUT2D eigenvalue weighted by atomic mass is 35.5. The van der Waals surface area contributed by atoms with Crippen molar-refractivity contribution in [2.75, 3.05) is 6.61 Å². The lowest BCUT2D eigenvalue weighted by molar-refractivity contribution is -0.00857. The lowest BCUT2D eigenvalue weighted by Gasteiger charge is -2.46. The van der Waals surface area contributed by atoms with E-state index in [0.29, 0.717) is 29.8 Å². The zero-order valence-corrected chi connectivity index (χ0v) is 21.3. The van der Waals surface area contributed by atoms with Gasteiger partial charge in [0, 0.05) is 17.4 Å². The Bertz CT molecular complexity index is 1100. The summed E-state index contributed by atoms with van der Waals surface area (Å²) in [5.41, 5.74) is 0.854. The van der Waals surface area contributed by atoms with Gasteiger partial charge >= 0.3 is 0 Å². The lowest BCUT2D eigenvalue weighted by Crippen LogP contribution is -2.62. The summed E-state index contributed by atoms with van der Waals surface area (Å²) in [7, 11) is 0. The van der Waals surface area contributed by atoms with Crippen LogP contribution in [0.2, 0.25) is 5.02 Å². The summed E-state index contributed by atoms with van der Waals surface area (Å²) < 4.78 is 6.05. The average molecular weight is 517 g/mol. The van der Waals surface area contributed by atoms with E-state index in [1.165, 1.54) is 24.6 Å². The zero-order valence-electron chi connectivity index (χ0n) is 18.9. The number of pyridine rings is 1. The maximum Gasteiger partial charge on any atom is 0.213 e. The molecule has 3 N–H and O–H groups in total. The van der Waals surface area contributed by atoms with Gasteiger partial charge in [0.05, 0.1) is 34.2 Å². The number of hydrogen-bond donors (Lipinski definition) is 3. The lowest BCUT2D eigenvalue weighted by atomic mass is 9.78. The van der Waals surface area contributed by atoms with Crippen molar-refractivity contribution < 1.29 is 14.9 Å². The fourth-order valence-electron chi connectivity index (χ4n) is 4.65. The van der Waals surface area contributed by atoms with E-state index in [1.807, 2.05) is 59.3 Å². The van der Waals surface area contributed by atoms with Crippen molar-refractivity contribution in [1.29, 1.82) is 0 Å². The van der Waals surface area contributed by atoms with Gasteiger partial charge in [0.25, 0.3) is 0 Å². The van der Waals surface area contributed by atoms with Crippen molar-refractivity contribution in [2.45, 2.75) is 54.2 Å². The minimum Gasteiger partial charge on any atom is -0.477 e. The van der Waals surface area contributed by atoms with Crippen molar-refractivity contribution in [3.05, 3.63) is 75.6 Å². The summed E-state index contributed by atoms with van der Waals surface area (Å²) in [6, 6.07) is 15.2. The predicted molar refractivity (Wildman–Crippen MR) is 138 cm³/mol. The maximum atomic E-state index is 11.3. The molecular formula is C26H29ClN2O3S2. The molecule has 5 nitrogen and oxygen atoms in total. The van der Waals surface area contributed by atoms with Crippen LogP contribution in [0.3, 0.4) is 0 Å². The molecule has 0 radical (unpaired) electrons. The van der Waals surface area contributed by atoms with Crippen molar-refractivity contribution in [1.82, 2.24) is 10.3 Å². The fourth-order valence-corrected chi connectivity index (χ4v) is 6.73. The van der Waals surface area contributed by atoms with E-state index >= 15 is 0 Å². The largest absolute Gasteiger partial charge is 0.477 e. The van der Waals surface area contributed by atoms with Gasteiger partial charge in [-0.1, -0.05) is 36.7 Å². The van der Waals surface area contributed by atoms with Crippen LogP contribution in [0.15, 0.2) is 64.2 Å². The second kappa shape index (κ2) is 10.2. The molecule has 3 heterocycles. The first-order valence-corrected chi connectivity index (χ1v) is 13.8. The molecule has 34 heavy (non-hydrogen) atoms. The molecule has 0 spiro atoms. The summed E-state index contributed by atoms with van der Waals surface area (Å²) >= 11 is 9.30. The number of aliphatic hydroxyl groups excluding tert-OH is 2. The number of thioether (sulfide) groups is 1. The van der Waals surface area contributed by atoms with Gasteiger partial charge in [-0.15, -0.1) is 11.8 Å². The standard InChI is InChI=1S/C26H29ClN2O3S2/c1-16(17-9-10-17)14-32-23-8-4-7-22(28-23)26(18-11-12-33-15-18)13-20(30)24(25(31)29-26)34-21-6-3-2-5-19(21)27/h2-8,11-12,15-17,20,24-25,29-31H,9-10,13-14H2,1H3. The van der Waals surface area contributed by atoms with E-state index in [0.717, 1.165) is 22.1 Å². The van der Waals surface area contributed by atoms with E-state index in [-0.39, 0.29) is 0 Å². The predicted octanol–water partition coefficient (Wildman–Crippen LogP) is 5.30. The Morgan fingerprint density at radius 3 is 2.74 bits per heavy atom. The van der Waals surface area contributed by atoms with Crippen LogP contribution in [-0.4, -0.2) is 39.4 Å². The van der Waals surface area contributed by atoms with Crippen molar-refractivity contribution in [2.24, 2.45) is 11.8 Å². The third-order valence-corrected chi connectivity index (χ3v) is 9.37. The van der Waals surface area contributed by atoms with Crippen molar-refractivity contribution in [3.63, 3.8) is 0 Å². The van der Waals surface area contributed by atoms with E-state index in [1.54, 1.807) is 11.3 Å². The molecule has 1 aliphatic carbocycles. The average Bonchev–Trinajstić information content (AvgIpc) is 3.54. The molecule has 180 valence electrons. The second-order valence-electron chi connectivity index (χ2n) is 9.28. The van der Waals surface area contributed by atoms with Crippen LogP contribution in [0.4, 0.5) is 0 Å². The Balaban J connectivity index is 1.41. The van der Waals surface area contributed by atoms with E-state index in [2.05, 4.69) is 12.2 Å². The fraction of sp³-hybridized carbons (Fsp3) is 0.423. The third-order valence-electron chi connectivity index (χ3n) is 6.80. The second-order valence-corrected chi connectivity index (χ2v) is 11.7. The normalized spacial score (nSPS) is 27.9. The molecular weight excluding hydrogens is 488 g/mol. The highest BCUT2D eigenvalue weighted by molar-refractivity contribution is 8.00. The van der Waals surface area contributed by atoms with E-state index in [9.17, 15) is 10.2 Å². The number of hydrogen-bond acceptors (Lipinski definition) is 7. The van der Waals surface area contributed by atoms with Crippen LogP contribution >= 0.6 is 34.7 Å². The number of piperidine rings is 1. The molecule has 5 atom stereocenters. The maximum absolute atomic E-state index is 11.3. The molecule has 2 aliphatic rings. The number of ether oxygens (including phenoxy) is 1. The number of nitrogens with zero attached hydrogens (tertiary/aromatic N) is 1. The molecule has 5 rings (SSSR count). The number of thiophene rings is 1. The Morgan fingerprint density at radius 2 is 2.03 bits per heavy atom. The van der Waals surface area contributed by atoms with Crippen LogP contribution < -0.4 is 10.1 Å². The molecule has 1 saturated carbocycles. The monoisotopic (exact) mass is 516 g/mol. The van der Waals surface area contributed by atoms with E-state index < -0.39 is 23.1 Å². The molecule has 1 saturated heterocycles. The Hall–Kier alpha value is -1.61. The smallest absolute Gasteiger partial charge is 0.213 e.